The summed E-state index contributed by atoms with van der Waals surface area (Å²) < 4.78 is 0. The molecule has 0 amide bonds. The van der Waals surface area contributed by atoms with Crippen molar-refractivity contribution < 1.29 is 169 Å². The van der Waals surface area contributed by atoms with Gasteiger partial charge in [-0.2, -0.15) is 0 Å². The van der Waals surface area contributed by atoms with Crippen LogP contribution < -0.4 is 169 Å². The Morgan fingerprint density at radius 1 is 0.714 bits per heavy atom. The average Bonchev–Trinajstić information content (AvgIpc) is 0.811. The van der Waals surface area contributed by atoms with Crippen LogP contribution in [-0.2, 0) is 0 Å². The van der Waals surface area contributed by atoms with Crippen molar-refractivity contribution in [2.75, 3.05) is 0 Å². The number of rotatable bonds is 0. The molecule has 0 radical (unpaired) electrons. The van der Waals surface area contributed by atoms with Gasteiger partial charge in [-0.1, -0.05) is 0 Å². The van der Waals surface area contributed by atoms with E-state index in [-0.39, 0.29) is 154 Å². The van der Waals surface area contributed by atoms with Crippen LogP contribution in [0.5, 0.6) is 0 Å². The third kappa shape index (κ3) is 35.0. The summed E-state index contributed by atoms with van der Waals surface area (Å²) in [4.78, 5) is 25.4. The maximum atomic E-state index is 8.48. The van der Waals surface area contributed by atoms with Gasteiger partial charge in [0.25, 0.3) is 0 Å². The van der Waals surface area contributed by atoms with E-state index in [1.165, 1.54) is 0 Å². The summed E-state index contributed by atoms with van der Waals surface area (Å²) in [5.41, 5.74) is 0. The molecule has 0 fully saturated rings. The molecule has 0 unspecified atom stereocenters. The first-order chi connectivity index (χ1) is 1.73. The van der Waals surface area contributed by atoms with E-state index >= 15 is 0 Å². The fraction of sp³-hybridized carbons (Fsp3) is 0. The zero-order valence-corrected chi connectivity index (χ0v) is 14.9. The molecule has 7 heavy (non-hydrogen) atoms. The molecule has 3 nitrogen and oxygen atoms in total. The monoisotopic (exact) mass is 196 g/mol. The second kappa shape index (κ2) is 17.3. The fourth-order valence-corrected chi connectivity index (χ4v) is 0. The molecular formula is K3O3P. The van der Waals surface area contributed by atoms with Gasteiger partial charge < -0.3 is 23.3 Å². The van der Waals surface area contributed by atoms with Crippen molar-refractivity contribution in [3.8, 4) is 0 Å². The van der Waals surface area contributed by atoms with Crippen LogP contribution in [0.2, 0.25) is 0 Å². The molecule has 26 valence electrons. The van der Waals surface area contributed by atoms with Gasteiger partial charge in [0.2, 0.25) is 0 Å². The smallest absolute Gasteiger partial charge is 0.854 e. The standard InChI is InChI=1S/3K.O3P/c;;;1-4(2)3/q3*+1;-3. The average molecular weight is 196 g/mol. The second-order valence-corrected chi connectivity index (χ2v) is 0.671. The van der Waals surface area contributed by atoms with Crippen LogP contribution in [0.15, 0.2) is 0 Å². The first kappa shape index (κ1) is 22.8. The Kier molecular flexibility index (Phi) is 56.4. The van der Waals surface area contributed by atoms with Crippen molar-refractivity contribution in [2.45, 2.75) is 0 Å². The minimum Gasteiger partial charge on any atom is -0.854 e. The maximum absolute atomic E-state index is 8.48. The first-order valence-corrected chi connectivity index (χ1v) is 1.64. The Morgan fingerprint density at radius 3 is 0.714 bits per heavy atom. The van der Waals surface area contributed by atoms with Gasteiger partial charge in [-0.15, -0.1) is 0 Å². The van der Waals surface area contributed by atoms with Crippen LogP contribution >= 0.6 is 8.60 Å². The van der Waals surface area contributed by atoms with Crippen molar-refractivity contribution in [2.24, 2.45) is 0 Å². The summed E-state index contributed by atoms with van der Waals surface area (Å²) in [7, 11) is -3.37. The Bertz CT molecular complexity index is 14.9. The third-order valence-corrected chi connectivity index (χ3v) is 0. The normalized spacial score (nSPS) is 5.14. The fourth-order valence-electron chi connectivity index (χ4n) is 0. The summed E-state index contributed by atoms with van der Waals surface area (Å²) in [6.07, 6.45) is 0. The summed E-state index contributed by atoms with van der Waals surface area (Å²) in [5, 5.41) is 0. The molecule has 0 aliphatic heterocycles. The molecule has 0 saturated carbocycles. The molecule has 0 aliphatic rings. The third-order valence-electron chi connectivity index (χ3n) is 0. The summed E-state index contributed by atoms with van der Waals surface area (Å²) in [5.74, 6) is 0. The Labute approximate surface area is 171 Å². The van der Waals surface area contributed by atoms with Crippen molar-refractivity contribution in [1.29, 1.82) is 0 Å². The van der Waals surface area contributed by atoms with Gasteiger partial charge >= 0.3 is 154 Å². The van der Waals surface area contributed by atoms with E-state index in [1.807, 2.05) is 0 Å². The maximum Gasteiger partial charge on any atom is 1.00 e. The summed E-state index contributed by atoms with van der Waals surface area (Å²) >= 11 is 0. The molecule has 0 bridgehead atoms. The molecule has 0 N–H and O–H groups in total. The molecule has 0 spiro atoms. The molecule has 0 atom stereocenters. The summed E-state index contributed by atoms with van der Waals surface area (Å²) in [6, 6.07) is 0. The van der Waals surface area contributed by atoms with Crippen molar-refractivity contribution in [1.82, 2.24) is 0 Å². The Balaban J connectivity index is -0.0000000150. The zero-order chi connectivity index (χ0) is 3.58. The van der Waals surface area contributed by atoms with E-state index in [4.69, 9.17) is 14.7 Å². The van der Waals surface area contributed by atoms with Crippen LogP contribution in [-0.4, -0.2) is 0 Å². The van der Waals surface area contributed by atoms with Gasteiger partial charge in [0.15, 0.2) is 0 Å². The van der Waals surface area contributed by atoms with Gasteiger partial charge in [0, 0.05) is 0 Å². The minimum atomic E-state index is -3.37. The molecule has 0 aromatic heterocycles. The predicted octanol–water partition coefficient (Wildman–Crippen LogP) is -11.7. The van der Waals surface area contributed by atoms with Crippen LogP contribution in [0.25, 0.3) is 0 Å². The molecule has 0 heterocycles. The van der Waals surface area contributed by atoms with Gasteiger partial charge in [0.05, 0.1) is 0 Å². The predicted molar refractivity (Wildman–Crippen MR) is 6.92 cm³/mol. The van der Waals surface area contributed by atoms with E-state index in [0.717, 1.165) is 0 Å². The first-order valence-electron chi connectivity index (χ1n) is 0.548. The topological polar surface area (TPSA) is 69.2 Å². The summed E-state index contributed by atoms with van der Waals surface area (Å²) in [6.45, 7) is 0. The van der Waals surface area contributed by atoms with Gasteiger partial charge in [-0.05, 0) is 0 Å². The molecule has 0 aromatic carbocycles. The van der Waals surface area contributed by atoms with E-state index in [2.05, 4.69) is 0 Å². The Morgan fingerprint density at radius 2 is 0.714 bits per heavy atom. The Hall–Kier alpha value is 5.22. The van der Waals surface area contributed by atoms with Gasteiger partial charge in [0.1, 0.15) is 0 Å². The van der Waals surface area contributed by atoms with Crippen molar-refractivity contribution >= 4 is 8.60 Å². The van der Waals surface area contributed by atoms with Crippen LogP contribution in [0.3, 0.4) is 0 Å². The van der Waals surface area contributed by atoms with Crippen LogP contribution in [0.4, 0.5) is 0 Å². The van der Waals surface area contributed by atoms with E-state index < -0.39 is 8.60 Å². The number of hydrogen-bond donors (Lipinski definition) is 0. The molecular weight excluding hydrogens is 196 g/mol. The molecule has 0 rings (SSSR count). The minimum absolute atomic E-state index is 0. The van der Waals surface area contributed by atoms with Gasteiger partial charge in [-0.25, -0.2) is 0 Å². The van der Waals surface area contributed by atoms with E-state index in [0.29, 0.717) is 0 Å². The number of hydrogen-bond acceptors (Lipinski definition) is 3. The second-order valence-electron chi connectivity index (χ2n) is 0.224. The molecule has 7 heteroatoms. The van der Waals surface area contributed by atoms with E-state index in [1.54, 1.807) is 0 Å². The van der Waals surface area contributed by atoms with Crippen molar-refractivity contribution in [3.05, 3.63) is 0 Å². The van der Waals surface area contributed by atoms with Crippen molar-refractivity contribution in [3.63, 3.8) is 0 Å². The zero-order valence-electron chi connectivity index (χ0n) is 4.67. The molecule has 0 aliphatic carbocycles. The van der Waals surface area contributed by atoms with Crippen LogP contribution in [0, 0.1) is 0 Å². The molecule has 0 saturated heterocycles. The van der Waals surface area contributed by atoms with Crippen LogP contribution in [0.1, 0.15) is 0 Å². The largest absolute Gasteiger partial charge is 1.00 e. The van der Waals surface area contributed by atoms with E-state index in [9.17, 15) is 0 Å². The van der Waals surface area contributed by atoms with Gasteiger partial charge in [-0.3, -0.25) is 0 Å². The SMILES string of the molecule is [K+].[K+].[K+].[O-]P([O-])[O-]. The molecule has 0 aromatic rings. The quantitative estimate of drug-likeness (QED) is 0.285.